The van der Waals surface area contributed by atoms with Gasteiger partial charge in [-0.1, -0.05) is 17.7 Å². The lowest BCUT2D eigenvalue weighted by Gasteiger charge is -2.09. The largest absolute Gasteiger partial charge is 0.285 e. The maximum absolute atomic E-state index is 13.0. The van der Waals surface area contributed by atoms with Crippen LogP contribution >= 0.6 is 11.6 Å². The van der Waals surface area contributed by atoms with Crippen molar-refractivity contribution in [3.05, 3.63) is 34.6 Å². The molecule has 2 amide bonds. The second-order valence-electron chi connectivity index (χ2n) is 4.14. The van der Waals surface area contributed by atoms with E-state index in [1.807, 2.05) is 0 Å². The molecular formula is C12H11ClFNO2. The number of imide groups is 1. The van der Waals surface area contributed by atoms with Crippen LogP contribution in [0.3, 0.4) is 0 Å². The Morgan fingerprint density at radius 1 is 1.47 bits per heavy atom. The molecule has 1 saturated heterocycles. The van der Waals surface area contributed by atoms with Crippen molar-refractivity contribution in [3.8, 4) is 0 Å². The average molecular weight is 256 g/mol. The van der Waals surface area contributed by atoms with E-state index in [1.54, 1.807) is 6.07 Å². The van der Waals surface area contributed by atoms with Gasteiger partial charge in [-0.2, -0.15) is 0 Å². The Morgan fingerprint density at radius 2 is 2.18 bits per heavy atom. The highest BCUT2D eigenvalue weighted by Gasteiger charge is 2.35. The summed E-state index contributed by atoms with van der Waals surface area (Å²) in [7, 11) is 1.47. The maximum Gasteiger partial charge on any atom is 0.232 e. The van der Waals surface area contributed by atoms with Gasteiger partial charge >= 0.3 is 0 Å². The standard InChI is InChI=1S/C12H11ClFNO2/c1-15-11(16)6-8(12(15)17)4-7-2-3-10(14)9(13)5-7/h2-3,5,8H,4,6H2,1H3. The Balaban J connectivity index is 2.14. The Bertz CT molecular complexity index is 489. The molecule has 1 aromatic carbocycles. The zero-order valence-electron chi connectivity index (χ0n) is 9.24. The molecule has 1 aliphatic heterocycles. The first-order valence-corrected chi connectivity index (χ1v) is 5.61. The summed E-state index contributed by atoms with van der Waals surface area (Å²) >= 11 is 5.66. The smallest absolute Gasteiger partial charge is 0.232 e. The Hall–Kier alpha value is -1.42. The maximum atomic E-state index is 13.0. The molecule has 0 spiro atoms. The lowest BCUT2D eigenvalue weighted by molar-refractivity contribution is -0.137. The van der Waals surface area contributed by atoms with Gasteiger partial charge in [0.05, 0.1) is 10.9 Å². The van der Waals surface area contributed by atoms with E-state index in [0.29, 0.717) is 6.42 Å². The number of benzene rings is 1. The van der Waals surface area contributed by atoms with Gasteiger partial charge in [-0.25, -0.2) is 4.39 Å². The molecule has 17 heavy (non-hydrogen) atoms. The van der Waals surface area contributed by atoms with Crippen molar-refractivity contribution in [2.75, 3.05) is 7.05 Å². The minimum absolute atomic E-state index is 0.0348. The first-order chi connectivity index (χ1) is 7.99. The van der Waals surface area contributed by atoms with Crippen LogP contribution in [0, 0.1) is 11.7 Å². The Labute approximate surface area is 103 Å². The highest BCUT2D eigenvalue weighted by molar-refractivity contribution is 6.30. The van der Waals surface area contributed by atoms with E-state index in [0.717, 1.165) is 10.5 Å². The van der Waals surface area contributed by atoms with E-state index in [-0.39, 0.29) is 29.2 Å². The molecule has 3 nitrogen and oxygen atoms in total. The van der Waals surface area contributed by atoms with Crippen molar-refractivity contribution in [2.24, 2.45) is 5.92 Å². The second kappa shape index (κ2) is 4.45. The van der Waals surface area contributed by atoms with E-state index in [2.05, 4.69) is 0 Å². The summed E-state index contributed by atoms with van der Waals surface area (Å²) in [5, 5.41) is 0.0348. The van der Waals surface area contributed by atoms with Crippen molar-refractivity contribution < 1.29 is 14.0 Å². The number of hydrogen-bond acceptors (Lipinski definition) is 2. The third-order valence-corrected chi connectivity index (χ3v) is 3.23. The van der Waals surface area contributed by atoms with Crippen LogP contribution in [0.25, 0.3) is 0 Å². The molecule has 0 N–H and O–H groups in total. The van der Waals surface area contributed by atoms with Crippen LogP contribution < -0.4 is 0 Å². The predicted octanol–water partition coefficient (Wildman–Crippen LogP) is 2.03. The van der Waals surface area contributed by atoms with Crippen LogP contribution in [0.5, 0.6) is 0 Å². The van der Waals surface area contributed by atoms with Gasteiger partial charge in [-0.05, 0) is 24.1 Å². The lowest BCUT2D eigenvalue weighted by Crippen LogP contribution is -2.26. The van der Waals surface area contributed by atoms with Gasteiger partial charge in [-0.15, -0.1) is 0 Å². The Kier molecular flexibility index (Phi) is 3.15. The SMILES string of the molecule is CN1C(=O)CC(Cc2ccc(F)c(Cl)c2)C1=O. The molecule has 0 bridgehead atoms. The molecule has 0 aromatic heterocycles. The van der Waals surface area contributed by atoms with Crippen LogP contribution in [-0.2, 0) is 16.0 Å². The second-order valence-corrected chi connectivity index (χ2v) is 4.55. The number of amides is 2. The first kappa shape index (κ1) is 12.0. The van der Waals surface area contributed by atoms with Crippen molar-refractivity contribution >= 4 is 23.4 Å². The summed E-state index contributed by atoms with van der Waals surface area (Å²) in [6, 6.07) is 4.34. The number of carbonyl (C=O) groups excluding carboxylic acids is 2. The minimum atomic E-state index is -0.485. The van der Waals surface area contributed by atoms with E-state index in [1.165, 1.54) is 19.2 Å². The number of nitrogens with zero attached hydrogens (tertiary/aromatic N) is 1. The molecule has 0 radical (unpaired) electrons. The fourth-order valence-electron chi connectivity index (χ4n) is 1.94. The number of carbonyl (C=O) groups is 2. The van der Waals surface area contributed by atoms with E-state index < -0.39 is 5.82 Å². The first-order valence-electron chi connectivity index (χ1n) is 5.23. The van der Waals surface area contributed by atoms with Gasteiger partial charge in [0.2, 0.25) is 11.8 Å². The highest BCUT2D eigenvalue weighted by Crippen LogP contribution is 2.24. The van der Waals surface area contributed by atoms with E-state index in [9.17, 15) is 14.0 Å². The van der Waals surface area contributed by atoms with Crippen LogP contribution in [-0.4, -0.2) is 23.8 Å². The number of likely N-dealkylation sites (tertiary alicyclic amines) is 1. The zero-order chi connectivity index (χ0) is 12.6. The topological polar surface area (TPSA) is 37.4 Å². The van der Waals surface area contributed by atoms with Gasteiger partial charge in [0.15, 0.2) is 0 Å². The lowest BCUT2D eigenvalue weighted by atomic mass is 9.98. The summed E-state index contributed by atoms with van der Waals surface area (Å²) in [6.07, 6.45) is 0.624. The average Bonchev–Trinajstić information content (AvgIpc) is 2.52. The third kappa shape index (κ3) is 2.31. The summed E-state index contributed by atoms with van der Waals surface area (Å²) in [5.74, 6) is -1.20. The normalized spacial score (nSPS) is 20.2. The minimum Gasteiger partial charge on any atom is -0.285 e. The molecule has 1 aromatic rings. The molecule has 1 unspecified atom stereocenters. The zero-order valence-corrected chi connectivity index (χ0v) is 10.00. The Morgan fingerprint density at radius 3 is 2.71 bits per heavy atom. The van der Waals surface area contributed by atoms with Gasteiger partial charge in [0.25, 0.3) is 0 Å². The van der Waals surface area contributed by atoms with Gasteiger partial charge in [0, 0.05) is 13.5 Å². The molecule has 1 fully saturated rings. The molecule has 1 atom stereocenters. The van der Waals surface area contributed by atoms with Crippen LogP contribution in [0.1, 0.15) is 12.0 Å². The summed E-state index contributed by atoms with van der Waals surface area (Å²) < 4.78 is 13.0. The fourth-order valence-corrected chi connectivity index (χ4v) is 2.15. The number of rotatable bonds is 2. The highest BCUT2D eigenvalue weighted by atomic mass is 35.5. The van der Waals surface area contributed by atoms with Crippen molar-refractivity contribution in [2.45, 2.75) is 12.8 Å². The molecule has 2 rings (SSSR count). The van der Waals surface area contributed by atoms with Gasteiger partial charge < -0.3 is 0 Å². The molecule has 0 aliphatic carbocycles. The van der Waals surface area contributed by atoms with Crippen LogP contribution in [0.4, 0.5) is 4.39 Å². The predicted molar refractivity (Wildman–Crippen MR) is 61.0 cm³/mol. The molecule has 0 saturated carbocycles. The van der Waals surface area contributed by atoms with Gasteiger partial charge in [0.1, 0.15) is 5.82 Å². The fraction of sp³-hybridized carbons (Fsp3) is 0.333. The molecule has 90 valence electrons. The number of hydrogen-bond donors (Lipinski definition) is 0. The molecule has 1 aliphatic rings. The molecular weight excluding hydrogens is 245 g/mol. The number of halogens is 2. The van der Waals surface area contributed by atoms with Crippen molar-refractivity contribution in [3.63, 3.8) is 0 Å². The van der Waals surface area contributed by atoms with Gasteiger partial charge in [-0.3, -0.25) is 14.5 Å². The molecule has 1 heterocycles. The summed E-state index contributed by atoms with van der Waals surface area (Å²) in [4.78, 5) is 24.1. The quantitative estimate of drug-likeness (QED) is 0.759. The van der Waals surface area contributed by atoms with E-state index in [4.69, 9.17) is 11.6 Å². The van der Waals surface area contributed by atoms with Crippen LogP contribution in [0.15, 0.2) is 18.2 Å². The van der Waals surface area contributed by atoms with Crippen molar-refractivity contribution in [1.82, 2.24) is 4.90 Å². The van der Waals surface area contributed by atoms with Crippen molar-refractivity contribution in [1.29, 1.82) is 0 Å². The third-order valence-electron chi connectivity index (χ3n) is 2.94. The monoisotopic (exact) mass is 255 g/mol. The van der Waals surface area contributed by atoms with Crippen LogP contribution in [0.2, 0.25) is 5.02 Å². The van der Waals surface area contributed by atoms with E-state index >= 15 is 0 Å². The summed E-state index contributed by atoms with van der Waals surface area (Å²) in [6.45, 7) is 0. The summed E-state index contributed by atoms with van der Waals surface area (Å²) in [5.41, 5.74) is 0.762. The molecule has 5 heteroatoms.